The van der Waals surface area contributed by atoms with Crippen LogP contribution in [0.2, 0.25) is 0 Å². The number of carbonyl (C=O) groups is 2. The van der Waals surface area contributed by atoms with E-state index >= 15 is 0 Å². The van der Waals surface area contributed by atoms with Crippen molar-refractivity contribution in [3.8, 4) is 5.75 Å². The number of phenolic OH excluding ortho intramolecular Hbond substituents is 1. The van der Waals surface area contributed by atoms with Crippen molar-refractivity contribution in [2.24, 2.45) is 0 Å². The smallest absolute Gasteiger partial charge is 0.258 e. The number of hydrogen-bond donors (Lipinski definition) is 2. The summed E-state index contributed by atoms with van der Waals surface area (Å²) >= 11 is 0. The summed E-state index contributed by atoms with van der Waals surface area (Å²) < 4.78 is 13.3. The molecule has 0 aliphatic carbocycles. The van der Waals surface area contributed by atoms with Crippen LogP contribution in [0, 0.1) is 5.82 Å². The van der Waals surface area contributed by atoms with Gasteiger partial charge in [0.05, 0.1) is 23.4 Å². The molecular formula is C27H25FN4O3. The molecule has 0 radical (unpaired) electrons. The van der Waals surface area contributed by atoms with Crippen molar-refractivity contribution in [1.29, 1.82) is 0 Å². The highest BCUT2D eigenvalue weighted by Crippen LogP contribution is 2.39. The van der Waals surface area contributed by atoms with Crippen molar-refractivity contribution in [2.45, 2.75) is 33.5 Å². The predicted molar refractivity (Wildman–Crippen MR) is 130 cm³/mol. The molecule has 4 aromatic rings. The molecule has 178 valence electrons. The molecule has 0 saturated heterocycles. The second-order valence-electron chi connectivity index (χ2n) is 7.77. The van der Waals surface area contributed by atoms with Crippen molar-refractivity contribution in [1.82, 2.24) is 20.2 Å². The lowest BCUT2D eigenvalue weighted by atomic mass is 9.96. The summed E-state index contributed by atoms with van der Waals surface area (Å²) in [6.07, 6.45) is 3.14. The number of pyridine rings is 2. The summed E-state index contributed by atoms with van der Waals surface area (Å²) in [5, 5.41) is 14.2. The van der Waals surface area contributed by atoms with Crippen LogP contribution >= 0.6 is 0 Å². The molecule has 2 N–H and O–H groups in total. The third-order valence-corrected chi connectivity index (χ3v) is 5.66. The van der Waals surface area contributed by atoms with Crippen LogP contribution in [0.1, 0.15) is 51.4 Å². The molecule has 2 aromatic heterocycles. The molecule has 1 aliphatic heterocycles. The topological polar surface area (TPSA) is 95.4 Å². The fourth-order valence-corrected chi connectivity index (χ4v) is 4.11. The maximum atomic E-state index is 13.3. The largest absolute Gasteiger partial charge is 0.505 e. The second kappa shape index (κ2) is 10.3. The van der Waals surface area contributed by atoms with E-state index in [1.807, 2.05) is 19.9 Å². The number of aromatic hydroxyl groups is 1. The maximum absolute atomic E-state index is 13.3. The van der Waals surface area contributed by atoms with Crippen molar-refractivity contribution in [3.63, 3.8) is 0 Å². The molecule has 0 atom stereocenters. The summed E-state index contributed by atoms with van der Waals surface area (Å²) in [6, 6.07) is 14.7. The zero-order chi connectivity index (χ0) is 24.9. The first kappa shape index (κ1) is 23.8. The Morgan fingerprint density at radius 1 is 1.06 bits per heavy atom. The minimum Gasteiger partial charge on any atom is -0.505 e. The summed E-state index contributed by atoms with van der Waals surface area (Å²) in [5.41, 5.74) is 2.44. The van der Waals surface area contributed by atoms with Crippen molar-refractivity contribution >= 4 is 22.7 Å². The van der Waals surface area contributed by atoms with E-state index in [-0.39, 0.29) is 48.2 Å². The number of phenols is 1. The molecule has 2 amide bonds. The SMILES string of the molecule is CC.O=C(NCc1ccccn1)c1c2c(c(O)c3ncccc13)C(=O)N(Cc1ccc(F)cc1)C2. The van der Waals surface area contributed by atoms with Gasteiger partial charge in [-0.3, -0.25) is 19.6 Å². The Morgan fingerprint density at radius 2 is 1.80 bits per heavy atom. The lowest BCUT2D eigenvalue weighted by molar-refractivity contribution is 0.0763. The summed E-state index contributed by atoms with van der Waals surface area (Å²) in [7, 11) is 0. The fourth-order valence-electron chi connectivity index (χ4n) is 4.11. The van der Waals surface area contributed by atoms with Gasteiger partial charge in [-0.25, -0.2) is 4.39 Å². The van der Waals surface area contributed by atoms with Gasteiger partial charge in [0.25, 0.3) is 11.8 Å². The van der Waals surface area contributed by atoms with Gasteiger partial charge in [0.15, 0.2) is 5.75 Å². The number of hydrogen-bond acceptors (Lipinski definition) is 5. The average molecular weight is 473 g/mol. The molecule has 1 aliphatic rings. The number of fused-ring (bicyclic) bond motifs is 2. The Labute approximate surface area is 202 Å². The van der Waals surface area contributed by atoms with E-state index < -0.39 is 5.91 Å². The Hall–Kier alpha value is -4.33. The molecule has 0 fully saturated rings. The summed E-state index contributed by atoms with van der Waals surface area (Å²) in [5.74, 6) is -1.39. The van der Waals surface area contributed by atoms with Crippen LogP contribution in [-0.4, -0.2) is 31.8 Å². The van der Waals surface area contributed by atoms with Gasteiger partial charge < -0.3 is 15.3 Å². The first-order valence-electron chi connectivity index (χ1n) is 11.4. The standard InChI is InChI=1S/C25H19FN4O3.C2H6/c26-16-8-6-15(7-9-16)13-30-14-19-20(24(32)29-12-17-4-1-2-10-27-17)18-5-3-11-28-22(18)23(31)21(19)25(30)33;1-2/h1-11,31H,12-14H2,(H,29,32);1-2H3. The van der Waals surface area contributed by atoms with E-state index in [4.69, 9.17) is 0 Å². The molecule has 35 heavy (non-hydrogen) atoms. The number of nitrogens with zero attached hydrogens (tertiary/aromatic N) is 3. The first-order valence-corrected chi connectivity index (χ1v) is 11.4. The molecule has 7 nitrogen and oxygen atoms in total. The van der Waals surface area contributed by atoms with E-state index in [9.17, 15) is 19.1 Å². The van der Waals surface area contributed by atoms with Gasteiger partial charge in [-0.1, -0.05) is 38.1 Å². The van der Waals surface area contributed by atoms with Crippen LogP contribution in [0.3, 0.4) is 0 Å². The quantitative estimate of drug-likeness (QED) is 0.443. The highest BCUT2D eigenvalue weighted by Gasteiger charge is 2.36. The number of halogens is 1. The van der Waals surface area contributed by atoms with E-state index in [1.54, 1.807) is 42.6 Å². The zero-order valence-corrected chi connectivity index (χ0v) is 19.5. The molecule has 0 spiro atoms. The average Bonchev–Trinajstić information content (AvgIpc) is 3.21. The lowest BCUT2D eigenvalue weighted by Crippen LogP contribution is -2.25. The number of amides is 2. The van der Waals surface area contributed by atoms with Gasteiger partial charge in [0.2, 0.25) is 0 Å². The molecule has 0 unspecified atom stereocenters. The minimum absolute atomic E-state index is 0.0753. The fraction of sp³-hybridized carbons (Fsp3) is 0.185. The van der Waals surface area contributed by atoms with E-state index in [0.29, 0.717) is 22.2 Å². The molecule has 8 heteroatoms. The van der Waals surface area contributed by atoms with Gasteiger partial charge in [-0.2, -0.15) is 0 Å². The van der Waals surface area contributed by atoms with Crippen LogP contribution in [0.4, 0.5) is 4.39 Å². The molecule has 0 bridgehead atoms. The normalized spacial score (nSPS) is 12.2. The Bertz CT molecular complexity index is 1380. The first-order chi connectivity index (χ1) is 17.0. The van der Waals surface area contributed by atoms with Gasteiger partial charge in [0.1, 0.15) is 11.3 Å². The number of benzene rings is 2. The molecule has 2 aromatic carbocycles. The summed E-state index contributed by atoms with van der Waals surface area (Å²) in [4.78, 5) is 36.5. The highest BCUT2D eigenvalue weighted by atomic mass is 19.1. The number of nitrogens with one attached hydrogen (secondary N) is 1. The van der Waals surface area contributed by atoms with Crippen LogP contribution in [-0.2, 0) is 19.6 Å². The Balaban J connectivity index is 0.00000141. The summed E-state index contributed by atoms with van der Waals surface area (Å²) in [6.45, 7) is 4.56. The van der Waals surface area contributed by atoms with Crippen LogP contribution in [0.5, 0.6) is 5.75 Å². The van der Waals surface area contributed by atoms with Crippen LogP contribution < -0.4 is 5.32 Å². The van der Waals surface area contributed by atoms with Gasteiger partial charge in [0, 0.05) is 36.4 Å². The maximum Gasteiger partial charge on any atom is 0.258 e. The molecule has 0 saturated carbocycles. The second-order valence-corrected chi connectivity index (χ2v) is 7.77. The molecule has 5 rings (SSSR count). The van der Waals surface area contributed by atoms with E-state index in [0.717, 1.165) is 5.56 Å². The number of aromatic nitrogens is 2. The highest BCUT2D eigenvalue weighted by molar-refractivity contribution is 6.15. The predicted octanol–water partition coefficient (Wildman–Crippen LogP) is 4.59. The Morgan fingerprint density at radius 3 is 2.51 bits per heavy atom. The monoisotopic (exact) mass is 472 g/mol. The molecular weight excluding hydrogens is 447 g/mol. The number of rotatable bonds is 5. The van der Waals surface area contributed by atoms with Gasteiger partial charge >= 0.3 is 0 Å². The van der Waals surface area contributed by atoms with Crippen LogP contribution in [0.25, 0.3) is 10.9 Å². The third-order valence-electron chi connectivity index (χ3n) is 5.66. The Kier molecular flexibility index (Phi) is 7.01. The zero-order valence-electron chi connectivity index (χ0n) is 19.5. The van der Waals surface area contributed by atoms with Crippen molar-refractivity contribution < 1.29 is 19.1 Å². The van der Waals surface area contributed by atoms with E-state index in [2.05, 4.69) is 15.3 Å². The molecule has 3 heterocycles. The lowest BCUT2D eigenvalue weighted by Gasteiger charge is -2.16. The third kappa shape index (κ3) is 4.68. The van der Waals surface area contributed by atoms with Crippen molar-refractivity contribution in [2.75, 3.05) is 0 Å². The minimum atomic E-state index is -0.404. The van der Waals surface area contributed by atoms with Crippen LogP contribution in [0.15, 0.2) is 67.0 Å². The van der Waals surface area contributed by atoms with Crippen molar-refractivity contribution in [3.05, 3.63) is 101 Å². The number of carbonyl (C=O) groups excluding carboxylic acids is 2. The van der Waals surface area contributed by atoms with Gasteiger partial charge in [-0.05, 0) is 35.9 Å². The van der Waals surface area contributed by atoms with Gasteiger partial charge in [-0.15, -0.1) is 0 Å². The van der Waals surface area contributed by atoms with E-state index in [1.165, 1.54) is 23.2 Å².